The average Bonchev–Trinajstić information content (AvgIpc) is 2.75. The molecule has 0 radical (unpaired) electrons. The van der Waals surface area contributed by atoms with Gasteiger partial charge in [0.25, 0.3) is 0 Å². The molecule has 0 bridgehead atoms. The molecule has 1 aliphatic carbocycles. The molecule has 1 saturated carbocycles. The highest BCUT2D eigenvalue weighted by atomic mass is 19.4. The Morgan fingerprint density at radius 1 is 1.40 bits per heavy atom. The van der Waals surface area contributed by atoms with Gasteiger partial charge >= 0.3 is 12.1 Å². The van der Waals surface area contributed by atoms with E-state index in [1.807, 2.05) is 0 Å². The van der Waals surface area contributed by atoms with Crippen LogP contribution in [-0.2, 0) is 16.4 Å². The minimum Gasteiger partial charge on any atom is -0.480 e. The molecular formula is C9H7F3O3. The van der Waals surface area contributed by atoms with Gasteiger partial charge in [0.05, 0.1) is 0 Å². The Kier molecular flexibility index (Phi) is 1.86. The highest BCUT2D eigenvalue weighted by molar-refractivity contribution is 5.83. The third-order valence-corrected chi connectivity index (χ3v) is 2.52. The van der Waals surface area contributed by atoms with Gasteiger partial charge in [-0.25, -0.2) is 0 Å². The second-order valence-corrected chi connectivity index (χ2v) is 3.55. The summed E-state index contributed by atoms with van der Waals surface area (Å²) in [5.41, 5.74) is -1.22. The molecule has 1 heterocycles. The van der Waals surface area contributed by atoms with Crippen LogP contribution >= 0.6 is 0 Å². The van der Waals surface area contributed by atoms with Crippen LogP contribution in [0.1, 0.15) is 24.4 Å². The molecule has 15 heavy (non-hydrogen) atoms. The van der Waals surface area contributed by atoms with Crippen molar-refractivity contribution < 1.29 is 27.5 Å². The lowest BCUT2D eigenvalue weighted by Crippen LogP contribution is -2.18. The van der Waals surface area contributed by atoms with Gasteiger partial charge in [-0.1, -0.05) is 0 Å². The minimum atomic E-state index is -4.56. The van der Waals surface area contributed by atoms with Gasteiger partial charge in [-0.15, -0.1) is 0 Å². The number of carbonyl (C=O) groups is 1. The van der Waals surface area contributed by atoms with Crippen molar-refractivity contribution in [1.82, 2.24) is 0 Å². The maximum absolute atomic E-state index is 12.2. The Bertz CT molecular complexity index is 401. The van der Waals surface area contributed by atoms with Gasteiger partial charge < -0.3 is 9.52 Å². The van der Waals surface area contributed by atoms with E-state index in [4.69, 9.17) is 5.11 Å². The number of hydrogen-bond acceptors (Lipinski definition) is 2. The highest BCUT2D eigenvalue weighted by Crippen LogP contribution is 2.49. The van der Waals surface area contributed by atoms with Gasteiger partial charge in [-0.3, -0.25) is 4.79 Å². The number of carboxylic acid groups (broad SMARTS) is 1. The van der Waals surface area contributed by atoms with E-state index in [1.54, 1.807) is 0 Å². The molecule has 1 aliphatic rings. The number of hydrogen-bond donors (Lipinski definition) is 1. The zero-order valence-corrected chi connectivity index (χ0v) is 7.47. The standard InChI is InChI=1S/C9H7F3O3/c10-9(11,12)6-2-1-5(15-6)8(3-4-8)7(13)14/h1-2H,3-4H2,(H,13,14). The average molecular weight is 220 g/mol. The molecule has 0 unspecified atom stereocenters. The van der Waals surface area contributed by atoms with E-state index in [1.165, 1.54) is 0 Å². The molecule has 0 atom stereocenters. The Labute approximate surface area is 82.5 Å². The summed E-state index contributed by atoms with van der Waals surface area (Å²) in [7, 11) is 0. The van der Waals surface area contributed by atoms with E-state index >= 15 is 0 Å². The summed E-state index contributed by atoms with van der Waals surface area (Å²) < 4.78 is 41.0. The fourth-order valence-electron chi connectivity index (χ4n) is 1.44. The van der Waals surface area contributed by atoms with Gasteiger partial charge in [0.15, 0.2) is 0 Å². The molecule has 0 amide bonds. The molecule has 82 valence electrons. The summed E-state index contributed by atoms with van der Waals surface area (Å²) in [6, 6.07) is 1.85. The van der Waals surface area contributed by atoms with E-state index < -0.39 is 23.3 Å². The van der Waals surface area contributed by atoms with Crippen LogP contribution in [-0.4, -0.2) is 11.1 Å². The quantitative estimate of drug-likeness (QED) is 0.832. The first-order chi connectivity index (χ1) is 6.86. The molecule has 0 spiro atoms. The lowest BCUT2D eigenvalue weighted by molar-refractivity contribution is -0.154. The van der Waals surface area contributed by atoms with Crippen LogP contribution < -0.4 is 0 Å². The first-order valence-corrected chi connectivity index (χ1v) is 4.27. The van der Waals surface area contributed by atoms with Crippen molar-refractivity contribution in [1.29, 1.82) is 0 Å². The Balaban J connectivity index is 2.33. The summed E-state index contributed by atoms with van der Waals surface area (Å²) >= 11 is 0. The fourth-order valence-corrected chi connectivity index (χ4v) is 1.44. The minimum absolute atomic E-state index is 0.109. The summed E-state index contributed by atoms with van der Waals surface area (Å²) in [5, 5.41) is 8.83. The van der Waals surface area contributed by atoms with Crippen molar-refractivity contribution in [2.75, 3.05) is 0 Å². The maximum atomic E-state index is 12.2. The summed E-state index contributed by atoms with van der Waals surface area (Å²) in [6.45, 7) is 0. The highest BCUT2D eigenvalue weighted by Gasteiger charge is 2.55. The van der Waals surface area contributed by atoms with E-state index in [0.29, 0.717) is 12.8 Å². The van der Waals surface area contributed by atoms with Crippen molar-refractivity contribution in [2.24, 2.45) is 0 Å². The summed E-state index contributed by atoms with van der Waals surface area (Å²) in [5.74, 6) is -2.39. The van der Waals surface area contributed by atoms with Crippen LogP contribution in [0.5, 0.6) is 0 Å². The van der Waals surface area contributed by atoms with Crippen LogP contribution in [0.25, 0.3) is 0 Å². The number of aliphatic carboxylic acids is 1. The van der Waals surface area contributed by atoms with E-state index in [9.17, 15) is 18.0 Å². The van der Waals surface area contributed by atoms with Crippen molar-refractivity contribution in [3.05, 3.63) is 23.7 Å². The van der Waals surface area contributed by atoms with E-state index in [0.717, 1.165) is 12.1 Å². The van der Waals surface area contributed by atoms with Gasteiger partial charge in [0.1, 0.15) is 11.2 Å². The zero-order chi connectivity index (χ0) is 11.3. The SMILES string of the molecule is O=C(O)C1(c2ccc(C(F)(F)F)o2)CC1. The number of alkyl halides is 3. The monoisotopic (exact) mass is 220 g/mol. The predicted octanol–water partition coefficient (Wildman–Crippen LogP) is 2.41. The van der Waals surface area contributed by atoms with Crippen molar-refractivity contribution in [2.45, 2.75) is 24.4 Å². The van der Waals surface area contributed by atoms with E-state index in [-0.39, 0.29) is 5.76 Å². The van der Waals surface area contributed by atoms with Crippen LogP contribution in [0.15, 0.2) is 16.5 Å². The molecular weight excluding hydrogens is 213 g/mol. The number of carboxylic acids is 1. The van der Waals surface area contributed by atoms with E-state index in [2.05, 4.69) is 4.42 Å². The molecule has 1 aromatic rings. The largest absolute Gasteiger partial charge is 0.480 e. The second-order valence-electron chi connectivity index (χ2n) is 3.55. The lowest BCUT2D eigenvalue weighted by atomic mass is 10.1. The number of halogens is 3. The van der Waals surface area contributed by atoms with Crippen molar-refractivity contribution >= 4 is 5.97 Å². The zero-order valence-electron chi connectivity index (χ0n) is 7.47. The Hall–Kier alpha value is -1.46. The van der Waals surface area contributed by atoms with Gasteiger partial charge in [0.2, 0.25) is 5.76 Å². The smallest absolute Gasteiger partial charge is 0.449 e. The molecule has 2 rings (SSSR count). The molecule has 0 aromatic carbocycles. The first kappa shape index (κ1) is 10.1. The van der Waals surface area contributed by atoms with Crippen LogP contribution in [0.2, 0.25) is 0 Å². The molecule has 3 nitrogen and oxygen atoms in total. The molecule has 0 saturated heterocycles. The van der Waals surface area contributed by atoms with Crippen LogP contribution in [0, 0.1) is 0 Å². The summed E-state index contributed by atoms with van der Waals surface area (Å²) in [4.78, 5) is 10.8. The lowest BCUT2D eigenvalue weighted by Gasteiger charge is -2.06. The first-order valence-electron chi connectivity index (χ1n) is 4.27. The molecule has 1 N–H and O–H groups in total. The molecule has 6 heteroatoms. The topological polar surface area (TPSA) is 50.4 Å². The number of furan rings is 1. The maximum Gasteiger partial charge on any atom is 0.449 e. The molecule has 0 aliphatic heterocycles. The van der Waals surface area contributed by atoms with Gasteiger partial charge in [-0.2, -0.15) is 13.2 Å². The molecule has 1 aromatic heterocycles. The predicted molar refractivity (Wildman–Crippen MR) is 42.3 cm³/mol. The Morgan fingerprint density at radius 2 is 2.00 bits per heavy atom. The number of rotatable bonds is 2. The van der Waals surface area contributed by atoms with Crippen molar-refractivity contribution in [3.63, 3.8) is 0 Å². The normalized spacial score (nSPS) is 18.9. The summed E-state index contributed by atoms with van der Waals surface area (Å²) in [6.07, 6.45) is -3.91. The van der Waals surface area contributed by atoms with Crippen molar-refractivity contribution in [3.8, 4) is 0 Å². The third-order valence-electron chi connectivity index (χ3n) is 2.52. The van der Waals surface area contributed by atoms with Gasteiger partial charge in [0, 0.05) is 0 Å². The van der Waals surface area contributed by atoms with Gasteiger partial charge in [-0.05, 0) is 25.0 Å². The fraction of sp³-hybridized carbons (Fsp3) is 0.444. The second kappa shape index (κ2) is 2.77. The molecule has 1 fully saturated rings. The Morgan fingerprint density at radius 3 is 2.33 bits per heavy atom. The van der Waals surface area contributed by atoms with Crippen LogP contribution in [0.3, 0.4) is 0 Å². The van der Waals surface area contributed by atoms with Crippen LogP contribution in [0.4, 0.5) is 13.2 Å². The third kappa shape index (κ3) is 1.49.